The molecule has 0 saturated heterocycles. The zero-order valence-corrected chi connectivity index (χ0v) is 8.57. The molecule has 0 aliphatic heterocycles. The minimum absolute atomic E-state index is 0.749. The van der Waals surface area contributed by atoms with Crippen LogP contribution in [-0.2, 0) is 0 Å². The second kappa shape index (κ2) is 4.00. The van der Waals surface area contributed by atoms with Gasteiger partial charge in [-0.05, 0) is 30.7 Å². The molecule has 3 nitrogen and oxygen atoms in total. The second-order valence-electron chi connectivity index (χ2n) is 3.41. The van der Waals surface area contributed by atoms with Gasteiger partial charge in [0.25, 0.3) is 0 Å². The summed E-state index contributed by atoms with van der Waals surface area (Å²) in [5.41, 5.74) is 9.65. The summed E-state index contributed by atoms with van der Waals surface area (Å²) in [6.45, 7) is 2.02. The molecule has 0 aliphatic rings. The number of anilines is 3. The summed E-state index contributed by atoms with van der Waals surface area (Å²) in [7, 11) is 0. The van der Waals surface area contributed by atoms with Crippen molar-refractivity contribution in [1.29, 1.82) is 0 Å². The molecule has 15 heavy (non-hydrogen) atoms. The van der Waals surface area contributed by atoms with Crippen LogP contribution in [0, 0.1) is 6.92 Å². The Labute approximate surface area is 89.0 Å². The topological polar surface area (TPSA) is 50.9 Å². The summed E-state index contributed by atoms with van der Waals surface area (Å²) in [6, 6.07) is 9.69. The Kier molecular flexibility index (Phi) is 2.54. The van der Waals surface area contributed by atoms with E-state index in [1.54, 1.807) is 12.4 Å². The maximum absolute atomic E-state index is 5.89. The fraction of sp³-hybridized carbons (Fsp3) is 0.0833. The number of aryl methyl sites for hydroxylation is 1. The maximum Gasteiger partial charge on any atom is 0.0648 e. The second-order valence-corrected chi connectivity index (χ2v) is 3.41. The standard InChI is InChI=1S/C12H13N3/c1-9-4-2-6-11(13)12(9)15-10-5-3-7-14-8-10/h2-8,15H,13H2,1H3. The number of nitrogens with two attached hydrogens (primary N) is 1. The summed E-state index contributed by atoms with van der Waals surface area (Å²) >= 11 is 0. The summed E-state index contributed by atoms with van der Waals surface area (Å²) < 4.78 is 0. The van der Waals surface area contributed by atoms with Gasteiger partial charge in [-0.2, -0.15) is 0 Å². The van der Waals surface area contributed by atoms with Gasteiger partial charge in [-0.25, -0.2) is 0 Å². The predicted molar refractivity (Wildman–Crippen MR) is 63.1 cm³/mol. The highest BCUT2D eigenvalue weighted by atomic mass is 14.9. The fourth-order valence-corrected chi connectivity index (χ4v) is 1.44. The van der Waals surface area contributed by atoms with Crippen molar-refractivity contribution in [3.8, 4) is 0 Å². The van der Waals surface area contributed by atoms with Crippen LogP contribution in [0.25, 0.3) is 0 Å². The molecule has 3 heteroatoms. The molecular formula is C12H13N3. The van der Waals surface area contributed by atoms with E-state index in [9.17, 15) is 0 Å². The maximum atomic E-state index is 5.89. The lowest BCUT2D eigenvalue weighted by Gasteiger charge is -2.11. The van der Waals surface area contributed by atoms with Crippen LogP contribution in [0.4, 0.5) is 17.1 Å². The van der Waals surface area contributed by atoms with Crippen LogP contribution in [0.15, 0.2) is 42.7 Å². The summed E-state index contributed by atoms with van der Waals surface area (Å²) in [4.78, 5) is 4.04. The van der Waals surface area contributed by atoms with E-state index in [0.29, 0.717) is 0 Å². The van der Waals surface area contributed by atoms with E-state index in [1.807, 2.05) is 37.3 Å². The number of hydrogen-bond donors (Lipinski definition) is 2. The van der Waals surface area contributed by atoms with Crippen LogP contribution in [0.5, 0.6) is 0 Å². The third kappa shape index (κ3) is 2.07. The molecule has 0 aliphatic carbocycles. The van der Waals surface area contributed by atoms with Crippen LogP contribution in [0.2, 0.25) is 0 Å². The van der Waals surface area contributed by atoms with E-state index in [-0.39, 0.29) is 0 Å². The molecule has 76 valence electrons. The van der Waals surface area contributed by atoms with Crippen molar-refractivity contribution in [2.75, 3.05) is 11.1 Å². The molecule has 1 heterocycles. The van der Waals surface area contributed by atoms with E-state index in [4.69, 9.17) is 5.73 Å². The quantitative estimate of drug-likeness (QED) is 0.731. The zero-order chi connectivity index (χ0) is 10.7. The first-order valence-corrected chi connectivity index (χ1v) is 4.79. The Bertz CT molecular complexity index is 431. The number of rotatable bonds is 2. The normalized spacial score (nSPS) is 9.93. The molecule has 0 bridgehead atoms. The van der Waals surface area contributed by atoms with E-state index in [2.05, 4.69) is 10.3 Å². The highest BCUT2D eigenvalue weighted by molar-refractivity contribution is 5.75. The Morgan fingerprint density at radius 2 is 2.07 bits per heavy atom. The SMILES string of the molecule is Cc1cccc(N)c1Nc1cccnc1. The van der Waals surface area contributed by atoms with Crippen molar-refractivity contribution in [1.82, 2.24) is 4.98 Å². The van der Waals surface area contributed by atoms with Crippen molar-refractivity contribution in [2.24, 2.45) is 0 Å². The molecule has 3 N–H and O–H groups in total. The lowest BCUT2D eigenvalue weighted by Crippen LogP contribution is -1.98. The van der Waals surface area contributed by atoms with Gasteiger partial charge in [-0.15, -0.1) is 0 Å². The van der Waals surface area contributed by atoms with Gasteiger partial charge in [0.15, 0.2) is 0 Å². The van der Waals surface area contributed by atoms with Crippen LogP contribution in [0.1, 0.15) is 5.56 Å². The molecule has 2 aromatic rings. The zero-order valence-electron chi connectivity index (χ0n) is 8.57. The molecule has 0 fully saturated rings. The molecule has 0 unspecified atom stereocenters. The lowest BCUT2D eigenvalue weighted by atomic mass is 10.1. The highest BCUT2D eigenvalue weighted by Gasteiger charge is 2.02. The van der Waals surface area contributed by atoms with Gasteiger partial charge in [0.05, 0.1) is 23.3 Å². The highest BCUT2D eigenvalue weighted by Crippen LogP contribution is 2.25. The fourth-order valence-electron chi connectivity index (χ4n) is 1.44. The van der Waals surface area contributed by atoms with Gasteiger partial charge in [0.2, 0.25) is 0 Å². The average Bonchev–Trinajstić information content (AvgIpc) is 2.25. The molecule has 2 rings (SSSR count). The third-order valence-corrected chi connectivity index (χ3v) is 2.24. The van der Waals surface area contributed by atoms with Gasteiger partial charge in [-0.3, -0.25) is 4.98 Å². The van der Waals surface area contributed by atoms with Crippen molar-refractivity contribution in [2.45, 2.75) is 6.92 Å². The van der Waals surface area contributed by atoms with Crippen LogP contribution in [-0.4, -0.2) is 4.98 Å². The van der Waals surface area contributed by atoms with Crippen molar-refractivity contribution in [3.63, 3.8) is 0 Å². The number of benzene rings is 1. The number of nitrogen functional groups attached to an aromatic ring is 1. The summed E-state index contributed by atoms with van der Waals surface area (Å²) in [6.07, 6.45) is 3.51. The molecular weight excluding hydrogens is 186 g/mol. The van der Waals surface area contributed by atoms with Crippen LogP contribution in [0.3, 0.4) is 0 Å². The average molecular weight is 199 g/mol. The van der Waals surface area contributed by atoms with E-state index in [0.717, 1.165) is 22.6 Å². The monoisotopic (exact) mass is 199 g/mol. The molecule has 0 saturated carbocycles. The van der Waals surface area contributed by atoms with E-state index < -0.39 is 0 Å². The largest absolute Gasteiger partial charge is 0.397 e. The Balaban J connectivity index is 2.32. The molecule has 0 amide bonds. The van der Waals surface area contributed by atoms with E-state index >= 15 is 0 Å². The molecule has 0 atom stereocenters. The minimum Gasteiger partial charge on any atom is -0.397 e. The number of pyridine rings is 1. The number of nitrogens with zero attached hydrogens (tertiary/aromatic N) is 1. The summed E-state index contributed by atoms with van der Waals surface area (Å²) in [5, 5.41) is 3.25. The van der Waals surface area contributed by atoms with Gasteiger partial charge >= 0.3 is 0 Å². The van der Waals surface area contributed by atoms with Crippen molar-refractivity contribution in [3.05, 3.63) is 48.3 Å². The Morgan fingerprint density at radius 3 is 2.73 bits per heavy atom. The predicted octanol–water partition coefficient (Wildman–Crippen LogP) is 2.72. The molecule has 0 spiro atoms. The van der Waals surface area contributed by atoms with Crippen molar-refractivity contribution < 1.29 is 0 Å². The minimum atomic E-state index is 0.749. The number of aromatic nitrogens is 1. The van der Waals surface area contributed by atoms with E-state index in [1.165, 1.54) is 0 Å². The van der Waals surface area contributed by atoms with Gasteiger partial charge in [-0.1, -0.05) is 12.1 Å². The third-order valence-electron chi connectivity index (χ3n) is 2.24. The van der Waals surface area contributed by atoms with Crippen molar-refractivity contribution >= 4 is 17.1 Å². The van der Waals surface area contributed by atoms with Gasteiger partial charge < -0.3 is 11.1 Å². The first kappa shape index (κ1) is 9.52. The van der Waals surface area contributed by atoms with Crippen LogP contribution < -0.4 is 11.1 Å². The first-order chi connectivity index (χ1) is 7.27. The van der Waals surface area contributed by atoms with Gasteiger partial charge in [0, 0.05) is 6.20 Å². The molecule has 1 aromatic carbocycles. The smallest absolute Gasteiger partial charge is 0.0648 e. The number of hydrogen-bond acceptors (Lipinski definition) is 3. The first-order valence-electron chi connectivity index (χ1n) is 4.79. The number of para-hydroxylation sites is 1. The molecule has 0 radical (unpaired) electrons. The lowest BCUT2D eigenvalue weighted by molar-refractivity contribution is 1.32. The van der Waals surface area contributed by atoms with Crippen LogP contribution >= 0.6 is 0 Å². The Hall–Kier alpha value is -2.03. The number of nitrogens with one attached hydrogen (secondary N) is 1. The molecule has 1 aromatic heterocycles. The van der Waals surface area contributed by atoms with Gasteiger partial charge in [0.1, 0.15) is 0 Å². The summed E-state index contributed by atoms with van der Waals surface area (Å²) in [5.74, 6) is 0. The Morgan fingerprint density at radius 1 is 1.20 bits per heavy atom.